The van der Waals surface area contributed by atoms with Crippen LogP contribution in [0.1, 0.15) is 42.0 Å². The van der Waals surface area contributed by atoms with Gasteiger partial charge in [0.1, 0.15) is 11.9 Å². The average molecular weight is 264 g/mol. The standard InChI is InChI=1S/C13H20N4S/c1-4-11-15-12(5-2)17(16-11)10(8-14)13-9(3)6-7-18-13/h6-7,10H,4-5,8,14H2,1-3H3. The number of nitrogens with two attached hydrogens (primary N) is 1. The summed E-state index contributed by atoms with van der Waals surface area (Å²) >= 11 is 1.74. The molecule has 0 bridgehead atoms. The van der Waals surface area contributed by atoms with Crippen molar-refractivity contribution in [2.24, 2.45) is 5.73 Å². The van der Waals surface area contributed by atoms with Crippen molar-refractivity contribution in [2.45, 2.75) is 39.7 Å². The van der Waals surface area contributed by atoms with Crippen molar-refractivity contribution in [1.29, 1.82) is 0 Å². The van der Waals surface area contributed by atoms with Crippen molar-refractivity contribution in [2.75, 3.05) is 6.54 Å². The van der Waals surface area contributed by atoms with Gasteiger partial charge in [-0.3, -0.25) is 0 Å². The van der Waals surface area contributed by atoms with E-state index < -0.39 is 0 Å². The molecule has 0 radical (unpaired) electrons. The predicted octanol–water partition coefficient (Wildman–Crippen LogP) is 2.32. The zero-order valence-electron chi connectivity index (χ0n) is 11.2. The van der Waals surface area contributed by atoms with Gasteiger partial charge < -0.3 is 5.73 Å². The summed E-state index contributed by atoms with van der Waals surface area (Å²) in [5.41, 5.74) is 7.24. The number of rotatable bonds is 5. The summed E-state index contributed by atoms with van der Waals surface area (Å²) in [6.07, 6.45) is 1.74. The molecule has 2 rings (SSSR count). The summed E-state index contributed by atoms with van der Waals surface area (Å²) in [6, 6.07) is 2.25. The van der Waals surface area contributed by atoms with Crippen LogP contribution in [0.25, 0.3) is 0 Å². The monoisotopic (exact) mass is 264 g/mol. The Morgan fingerprint density at radius 3 is 2.67 bits per heavy atom. The maximum absolute atomic E-state index is 5.96. The predicted molar refractivity (Wildman–Crippen MR) is 75.0 cm³/mol. The number of aromatic nitrogens is 3. The molecule has 2 aromatic heterocycles. The van der Waals surface area contributed by atoms with Gasteiger partial charge in [-0.15, -0.1) is 11.3 Å². The Labute approximate surface area is 112 Å². The van der Waals surface area contributed by atoms with Gasteiger partial charge in [-0.25, -0.2) is 9.67 Å². The molecular weight excluding hydrogens is 244 g/mol. The minimum Gasteiger partial charge on any atom is -0.328 e. The summed E-state index contributed by atoms with van der Waals surface area (Å²) in [4.78, 5) is 5.85. The van der Waals surface area contributed by atoms with Crippen LogP contribution in [0.3, 0.4) is 0 Å². The summed E-state index contributed by atoms with van der Waals surface area (Å²) in [6.45, 7) is 6.86. The average Bonchev–Trinajstić information content (AvgIpc) is 2.98. The lowest BCUT2D eigenvalue weighted by Gasteiger charge is -2.16. The minimum atomic E-state index is 0.118. The molecule has 0 amide bonds. The molecule has 2 heterocycles. The quantitative estimate of drug-likeness (QED) is 0.901. The van der Waals surface area contributed by atoms with Gasteiger partial charge in [0.15, 0.2) is 5.82 Å². The van der Waals surface area contributed by atoms with Gasteiger partial charge in [-0.1, -0.05) is 13.8 Å². The van der Waals surface area contributed by atoms with E-state index in [1.165, 1.54) is 10.4 Å². The van der Waals surface area contributed by atoms with E-state index in [1.807, 2.05) is 4.68 Å². The lowest BCUT2D eigenvalue weighted by molar-refractivity contribution is 0.510. The lowest BCUT2D eigenvalue weighted by atomic mass is 10.1. The zero-order valence-corrected chi connectivity index (χ0v) is 12.0. The third-order valence-corrected chi connectivity index (χ3v) is 4.22. The molecule has 2 N–H and O–H groups in total. The molecule has 4 nitrogen and oxygen atoms in total. The van der Waals surface area contributed by atoms with Gasteiger partial charge in [0.25, 0.3) is 0 Å². The molecule has 98 valence electrons. The molecule has 0 saturated carbocycles. The molecule has 0 aromatic carbocycles. The molecular formula is C13H20N4S. The fraction of sp³-hybridized carbons (Fsp3) is 0.538. The maximum atomic E-state index is 5.96. The summed E-state index contributed by atoms with van der Waals surface area (Å²) in [5, 5.41) is 6.71. The van der Waals surface area contributed by atoms with Crippen LogP contribution in [0.5, 0.6) is 0 Å². The topological polar surface area (TPSA) is 56.7 Å². The van der Waals surface area contributed by atoms with Gasteiger partial charge in [0.2, 0.25) is 0 Å². The Bertz CT molecular complexity index is 515. The third-order valence-electron chi connectivity index (χ3n) is 3.10. The van der Waals surface area contributed by atoms with Crippen LogP contribution >= 0.6 is 11.3 Å². The highest BCUT2D eigenvalue weighted by molar-refractivity contribution is 7.10. The Morgan fingerprint density at radius 1 is 1.39 bits per heavy atom. The second-order valence-corrected chi connectivity index (χ2v) is 5.26. The van der Waals surface area contributed by atoms with E-state index in [2.05, 4.69) is 42.3 Å². The molecule has 18 heavy (non-hydrogen) atoms. The first-order chi connectivity index (χ1) is 8.71. The van der Waals surface area contributed by atoms with Crippen LogP contribution < -0.4 is 5.73 Å². The van der Waals surface area contributed by atoms with E-state index in [9.17, 15) is 0 Å². The van der Waals surface area contributed by atoms with E-state index in [0.717, 1.165) is 24.5 Å². The number of hydrogen-bond donors (Lipinski definition) is 1. The van der Waals surface area contributed by atoms with E-state index in [4.69, 9.17) is 5.73 Å². The Morgan fingerprint density at radius 2 is 2.17 bits per heavy atom. The smallest absolute Gasteiger partial charge is 0.150 e. The largest absolute Gasteiger partial charge is 0.328 e. The minimum absolute atomic E-state index is 0.118. The first kappa shape index (κ1) is 13.2. The van der Waals surface area contributed by atoms with Crippen LogP contribution in [0.2, 0.25) is 0 Å². The number of thiophene rings is 1. The Balaban J connectivity index is 2.44. The molecule has 0 spiro atoms. The number of aryl methyl sites for hydroxylation is 3. The second-order valence-electron chi connectivity index (χ2n) is 4.32. The first-order valence-electron chi connectivity index (χ1n) is 6.39. The molecule has 2 aromatic rings. The summed E-state index contributed by atoms with van der Waals surface area (Å²) < 4.78 is 2.01. The van der Waals surface area contributed by atoms with Crippen molar-refractivity contribution in [3.63, 3.8) is 0 Å². The highest BCUT2D eigenvalue weighted by Crippen LogP contribution is 2.27. The highest BCUT2D eigenvalue weighted by atomic mass is 32.1. The van der Waals surface area contributed by atoms with Crippen molar-refractivity contribution in [1.82, 2.24) is 14.8 Å². The SMILES string of the molecule is CCc1nc(CC)n(C(CN)c2sccc2C)n1. The lowest BCUT2D eigenvalue weighted by Crippen LogP contribution is -2.23. The zero-order chi connectivity index (χ0) is 13.1. The fourth-order valence-corrected chi connectivity index (χ4v) is 3.11. The Kier molecular flexibility index (Phi) is 4.14. The van der Waals surface area contributed by atoms with Gasteiger partial charge in [0, 0.05) is 24.3 Å². The van der Waals surface area contributed by atoms with Gasteiger partial charge in [-0.2, -0.15) is 5.10 Å². The second kappa shape index (κ2) is 5.63. The van der Waals surface area contributed by atoms with Crippen molar-refractivity contribution in [3.05, 3.63) is 33.5 Å². The van der Waals surface area contributed by atoms with E-state index >= 15 is 0 Å². The molecule has 0 aliphatic carbocycles. The molecule has 0 aliphatic heterocycles. The van der Waals surface area contributed by atoms with Crippen molar-refractivity contribution < 1.29 is 0 Å². The van der Waals surface area contributed by atoms with Crippen molar-refractivity contribution >= 4 is 11.3 Å². The van der Waals surface area contributed by atoms with Crippen LogP contribution in [-0.4, -0.2) is 21.3 Å². The van der Waals surface area contributed by atoms with E-state index in [1.54, 1.807) is 11.3 Å². The molecule has 1 unspecified atom stereocenters. The Hall–Kier alpha value is -1.20. The third kappa shape index (κ3) is 2.33. The van der Waals surface area contributed by atoms with Gasteiger partial charge in [-0.05, 0) is 23.9 Å². The van der Waals surface area contributed by atoms with Crippen molar-refractivity contribution in [3.8, 4) is 0 Å². The number of nitrogens with zero attached hydrogens (tertiary/aromatic N) is 3. The van der Waals surface area contributed by atoms with Gasteiger partial charge >= 0.3 is 0 Å². The van der Waals surface area contributed by atoms with Crippen LogP contribution in [0.15, 0.2) is 11.4 Å². The van der Waals surface area contributed by atoms with Crippen LogP contribution in [-0.2, 0) is 12.8 Å². The molecule has 0 aliphatic rings. The maximum Gasteiger partial charge on any atom is 0.150 e. The summed E-state index contributed by atoms with van der Waals surface area (Å²) in [5.74, 6) is 1.93. The number of hydrogen-bond acceptors (Lipinski definition) is 4. The highest BCUT2D eigenvalue weighted by Gasteiger charge is 2.20. The molecule has 0 fully saturated rings. The summed E-state index contributed by atoms with van der Waals surface area (Å²) in [7, 11) is 0. The normalized spacial score (nSPS) is 12.9. The van der Waals surface area contributed by atoms with Gasteiger partial charge in [0.05, 0.1) is 0 Å². The molecule has 0 saturated heterocycles. The fourth-order valence-electron chi connectivity index (χ4n) is 2.09. The van der Waals surface area contributed by atoms with Crippen LogP contribution in [0, 0.1) is 6.92 Å². The first-order valence-corrected chi connectivity index (χ1v) is 7.27. The molecule has 1 atom stereocenters. The van der Waals surface area contributed by atoms with E-state index in [0.29, 0.717) is 6.54 Å². The van der Waals surface area contributed by atoms with Crippen LogP contribution in [0.4, 0.5) is 0 Å². The van der Waals surface area contributed by atoms with E-state index in [-0.39, 0.29) is 6.04 Å². The molecule has 5 heteroatoms.